The molecule has 3 nitrogen and oxygen atoms in total. The molecule has 2 fully saturated rings. The van der Waals surface area contributed by atoms with Gasteiger partial charge in [-0.3, -0.25) is 4.90 Å². The SMILES string of the molecule is CN1CCc2cc(CN3CC4CCCNC4C3)ccc21. The van der Waals surface area contributed by atoms with Gasteiger partial charge in [0.15, 0.2) is 0 Å². The summed E-state index contributed by atoms with van der Waals surface area (Å²) in [6.07, 6.45) is 4.00. The van der Waals surface area contributed by atoms with E-state index in [1.807, 2.05) is 0 Å². The molecule has 3 aliphatic heterocycles. The minimum atomic E-state index is 0.754. The average molecular weight is 271 g/mol. The van der Waals surface area contributed by atoms with Gasteiger partial charge in [0.05, 0.1) is 0 Å². The highest BCUT2D eigenvalue weighted by Crippen LogP contribution is 2.29. The Morgan fingerprint density at radius 1 is 1.30 bits per heavy atom. The van der Waals surface area contributed by atoms with Gasteiger partial charge in [-0.1, -0.05) is 12.1 Å². The molecule has 1 N–H and O–H groups in total. The fourth-order valence-corrected chi connectivity index (χ4v) is 4.24. The van der Waals surface area contributed by atoms with E-state index in [9.17, 15) is 0 Å². The van der Waals surface area contributed by atoms with Crippen LogP contribution in [0, 0.1) is 5.92 Å². The molecular weight excluding hydrogens is 246 g/mol. The van der Waals surface area contributed by atoms with Crippen molar-refractivity contribution in [1.29, 1.82) is 0 Å². The molecule has 0 radical (unpaired) electrons. The lowest BCUT2D eigenvalue weighted by molar-refractivity contribution is 0.312. The smallest absolute Gasteiger partial charge is 0.0397 e. The van der Waals surface area contributed by atoms with Gasteiger partial charge >= 0.3 is 0 Å². The molecule has 0 aliphatic carbocycles. The molecule has 3 heterocycles. The van der Waals surface area contributed by atoms with E-state index in [0.29, 0.717) is 0 Å². The predicted molar refractivity (Wildman–Crippen MR) is 83.2 cm³/mol. The number of benzene rings is 1. The van der Waals surface area contributed by atoms with Crippen LogP contribution < -0.4 is 10.2 Å². The number of nitrogens with zero attached hydrogens (tertiary/aromatic N) is 2. The fraction of sp³-hybridized carbons (Fsp3) is 0.647. The normalized spacial score (nSPS) is 29.6. The zero-order valence-electron chi connectivity index (χ0n) is 12.4. The van der Waals surface area contributed by atoms with Crippen molar-refractivity contribution in [2.75, 3.05) is 38.1 Å². The minimum absolute atomic E-state index is 0.754. The first-order valence-corrected chi connectivity index (χ1v) is 8.08. The lowest BCUT2D eigenvalue weighted by Gasteiger charge is -2.24. The molecule has 0 saturated carbocycles. The summed E-state index contributed by atoms with van der Waals surface area (Å²) in [6, 6.07) is 7.84. The van der Waals surface area contributed by atoms with Crippen molar-refractivity contribution in [3.8, 4) is 0 Å². The van der Waals surface area contributed by atoms with Crippen molar-refractivity contribution >= 4 is 5.69 Å². The van der Waals surface area contributed by atoms with Gasteiger partial charge in [0, 0.05) is 45.0 Å². The number of likely N-dealkylation sites (tertiary alicyclic amines) is 1. The Balaban J connectivity index is 1.45. The van der Waals surface area contributed by atoms with E-state index in [1.165, 1.54) is 56.7 Å². The molecule has 0 bridgehead atoms. The summed E-state index contributed by atoms with van der Waals surface area (Å²) in [7, 11) is 2.20. The summed E-state index contributed by atoms with van der Waals surface area (Å²) in [5, 5.41) is 3.70. The van der Waals surface area contributed by atoms with E-state index in [2.05, 4.69) is 40.4 Å². The molecule has 1 aromatic carbocycles. The zero-order valence-corrected chi connectivity index (χ0v) is 12.4. The first kappa shape index (κ1) is 12.7. The molecule has 0 aromatic heterocycles. The summed E-state index contributed by atoms with van der Waals surface area (Å²) >= 11 is 0. The molecule has 2 atom stereocenters. The molecule has 4 rings (SSSR count). The van der Waals surface area contributed by atoms with Crippen LogP contribution in [0.15, 0.2) is 18.2 Å². The summed E-state index contributed by atoms with van der Waals surface area (Å²) in [6.45, 7) is 6.05. The maximum atomic E-state index is 3.70. The van der Waals surface area contributed by atoms with Crippen LogP contribution in [0.25, 0.3) is 0 Å². The summed E-state index contributed by atoms with van der Waals surface area (Å²) in [5.74, 6) is 0.893. The van der Waals surface area contributed by atoms with E-state index < -0.39 is 0 Å². The Bertz CT molecular complexity index is 485. The van der Waals surface area contributed by atoms with Crippen LogP contribution in [-0.4, -0.2) is 44.2 Å². The molecule has 3 heteroatoms. The third-order valence-electron chi connectivity index (χ3n) is 5.35. The number of hydrogen-bond acceptors (Lipinski definition) is 3. The van der Waals surface area contributed by atoms with Crippen molar-refractivity contribution in [3.05, 3.63) is 29.3 Å². The molecule has 20 heavy (non-hydrogen) atoms. The molecule has 0 amide bonds. The van der Waals surface area contributed by atoms with Crippen LogP contribution in [0.5, 0.6) is 0 Å². The maximum absolute atomic E-state index is 3.70. The zero-order chi connectivity index (χ0) is 13.5. The van der Waals surface area contributed by atoms with Gasteiger partial charge in [0.2, 0.25) is 0 Å². The van der Waals surface area contributed by atoms with Gasteiger partial charge in [-0.2, -0.15) is 0 Å². The van der Waals surface area contributed by atoms with Crippen molar-refractivity contribution in [3.63, 3.8) is 0 Å². The van der Waals surface area contributed by atoms with E-state index in [1.54, 1.807) is 5.56 Å². The van der Waals surface area contributed by atoms with Crippen molar-refractivity contribution in [2.24, 2.45) is 5.92 Å². The van der Waals surface area contributed by atoms with Gasteiger partial charge < -0.3 is 10.2 Å². The first-order valence-electron chi connectivity index (χ1n) is 8.08. The van der Waals surface area contributed by atoms with E-state index in [-0.39, 0.29) is 0 Å². The number of nitrogens with one attached hydrogen (secondary N) is 1. The number of rotatable bonds is 2. The topological polar surface area (TPSA) is 18.5 Å². The number of fused-ring (bicyclic) bond motifs is 2. The van der Waals surface area contributed by atoms with Gasteiger partial charge in [-0.25, -0.2) is 0 Å². The third kappa shape index (κ3) is 2.23. The Kier molecular flexibility index (Phi) is 3.20. The standard InChI is InChI=1S/C17H25N3/c1-19-8-6-14-9-13(4-5-17(14)19)10-20-11-15-3-2-7-18-16(15)12-20/h4-5,9,15-16,18H,2-3,6-8,10-12H2,1H3. The Labute approximate surface area is 121 Å². The fourth-order valence-electron chi connectivity index (χ4n) is 4.24. The van der Waals surface area contributed by atoms with Crippen LogP contribution in [0.3, 0.4) is 0 Å². The Hall–Kier alpha value is -1.06. The summed E-state index contributed by atoms with van der Waals surface area (Å²) < 4.78 is 0. The molecule has 1 aromatic rings. The second-order valence-electron chi connectivity index (χ2n) is 6.79. The van der Waals surface area contributed by atoms with Crippen LogP contribution in [0.1, 0.15) is 24.0 Å². The minimum Gasteiger partial charge on any atom is -0.374 e. The highest BCUT2D eigenvalue weighted by Gasteiger charge is 2.34. The van der Waals surface area contributed by atoms with E-state index in [0.717, 1.165) is 18.5 Å². The van der Waals surface area contributed by atoms with Crippen molar-refractivity contribution < 1.29 is 0 Å². The Morgan fingerprint density at radius 3 is 3.15 bits per heavy atom. The number of hydrogen-bond donors (Lipinski definition) is 1. The summed E-state index contributed by atoms with van der Waals surface area (Å²) in [4.78, 5) is 5.02. The second-order valence-corrected chi connectivity index (χ2v) is 6.79. The number of likely N-dealkylation sites (N-methyl/N-ethyl adjacent to an activating group) is 1. The summed E-state index contributed by atoms with van der Waals surface area (Å²) in [5.41, 5.74) is 4.47. The largest absolute Gasteiger partial charge is 0.374 e. The molecule has 2 unspecified atom stereocenters. The molecular formula is C17H25N3. The monoisotopic (exact) mass is 271 g/mol. The van der Waals surface area contributed by atoms with Crippen molar-refractivity contribution in [2.45, 2.75) is 31.8 Å². The number of piperidine rings is 1. The maximum Gasteiger partial charge on any atom is 0.0397 e. The Morgan fingerprint density at radius 2 is 2.25 bits per heavy atom. The van der Waals surface area contributed by atoms with Crippen LogP contribution in [-0.2, 0) is 13.0 Å². The van der Waals surface area contributed by atoms with Crippen LogP contribution >= 0.6 is 0 Å². The molecule has 2 saturated heterocycles. The van der Waals surface area contributed by atoms with E-state index >= 15 is 0 Å². The number of anilines is 1. The third-order valence-corrected chi connectivity index (χ3v) is 5.35. The lowest BCUT2D eigenvalue weighted by Crippen LogP contribution is -2.40. The molecule has 0 spiro atoms. The van der Waals surface area contributed by atoms with E-state index in [4.69, 9.17) is 0 Å². The highest BCUT2D eigenvalue weighted by molar-refractivity contribution is 5.58. The first-order chi connectivity index (χ1) is 9.79. The van der Waals surface area contributed by atoms with Gasteiger partial charge in [0.1, 0.15) is 0 Å². The average Bonchev–Trinajstić information content (AvgIpc) is 3.02. The molecule has 108 valence electrons. The van der Waals surface area contributed by atoms with Gasteiger partial charge in [-0.05, 0) is 48.9 Å². The van der Waals surface area contributed by atoms with Gasteiger partial charge in [0.25, 0.3) is 0 Å². The lowest BCUT2D eigenvalue weighted by atomic mass is 9.94. The van der Waals surface area contributed by atoms with Crippen LogP contribution in [0.4, 0.5) is 5.69 Å². The molecule has 3 aliphatic rings. The highest BCUT2D eigenvalue weighted by atomic mass is 15.2. The van der Waals surface area contributed by atoms with Gasteiger partial charge in [-0.15, -0.1) is 0 Å². The second kappa shape index (κ2) is 5.05. The predicted octanol–water partition coefficient (Wildman–Crippen LogP) is 1.86. The quantitative estimate of drug-likeness (QED) is 0.886. The van der Waals surface area contributed by atoms with Crippen molar-refractivity contribution in [1.82, 2.24) is 10.2 Å². The van der Waals surface area contributed by atoms with Crippen LogP contribution in [0.2, 0.25) is 0 Å².